The van der Waals surface area contributed by atoms with E-state index in [1.54, 1.807) is 6.07 Å². The Bertz CT molecular complexity index is 384. The van der Waals surface area contributed by atoms with Gasteiger partial charge in [0, 0.05) is 25.1 Å². The highest BCUT2D eigenvalue weighted by atomic mass is 16.1. The molecule has 1 aromatic rings. The van der Waals surface area contributed by atoms with E-state index in [1.165, 1.54) is 0 Å². The van der Waals surface area contributed by atoms with Crippen LogP contribution in [0.4, 0.5) is 0 Å². The van der Waals surface area contributed by atoms with E-state index in [9.17, 15) is 4.79 Å². The fourth-order valence-corrected chi connectivity index (χ4v) is 1.34. The second-order valence-corrected chi connectivity index (χ2v) is 3.94. The lowest BCUT2D eigenvalue weighted by Gasteiger charge is -2.06. The van der Waals surface area contributed by atoms with Gasteiger partial charge in [-0.05, 0) is 24.6 Å². The van der Waals surface area contributed by atoms with E-state index in [0.717, 1.165) is 24.9 Å². The molecule has 0 aliphatic rings. The van der Waals surface area contributed by atoms with Crippen LogP contribution in [0, 0.1) is 11.3 Å². The average molecular weight is 277 g/mol. The van der Waals surface area contributed by atoms with Crippen LogP contribution in [-0.2, 0) is 0 Å². The third kappa shape index (κ3) is 10.2. The Kier molecular flexibility index (Phi) is 15.8. The molecule has 4 nitrogen and oxygen atoms in total. The van der Waals surface area contributed by atoms with Crippen molar-refractivity contribution in [3.05, 3.63) is 35.4 Å². The quantitative estimate of drug-likeness (QED) is 0.811. The molecule has 3 N–H and O–H groups in total. The number of nitrogens with one attached hydrogen (secondary N) is 1. The highest BCUT2D eigenvalue weighted by Gasteiger charge is 2.04. The smallest absolute Gasteiger partial charge is 0.150 e. The number of hydrogen-bond acceptors (Lipinski definition) is 4. The summed E-state index contributed by atoms with van der Waals surface area (Å²) in [6.45, 7) is 7.63. The molecule has 1 atom stereocenters. The lowest BCUT2D eigenvalue weighted by molar-refractivity contribution is 0.112. The standard InChI is InChI=1S/C11H11NO.C3H10N2.C2H6/c1-9(5-6-12)11-4-2-3-10(7-11)8-13;1-5-3-2-4;1-2/h2-4,7-9H,5H2,1H3;5H,2-4H2,1H3;1-2H3. The minimum Gasteiger partial charge on any atom is -0.329 e. The van der Waals surface area contributed by atoms with Crippen LogP contribution >= 0.6 is 0 Å². The Balaban J connectivity index is 0. The Labute approximate surface area is 123 Å². The molecule has 0 bridgehead atoms. The van der Waals surface area contributed by atoms with Crippen LogP contribution in [0.15, 0.2) is 24.3 Å². The van der Waals surface area contributed by atoms with Gasteiger partial charge in [-0.15, -0.1) is 0 Å². The summed E-state index contributed by atoms with van der Waals surface area (Å²) < 4.78 is 0. The van der Waals surface area contributed by atoms with E-state index in [2.05, 4.69) is 11.4 Å². The van der Waals surface area contributed by atoms with Crippen molar-refractivity contribution >= 4 is 6.29 Å². The molecule has 4 heteroatoms. The number of benzene rings is 1. The van der Waals surface area contributed by atoms with Crippen molar-refractivity contribution in [2.45, 2.75) is 33.1 Å². The van der Waals surface area contributed by atoms with Gasteiger partial charge in [-0.3, -0.25) is 4.79 Å². The second kappa shape index (κ2) is 15.4. The van der Waals surface area contributed by atoms with Crippen molar-refractivity contribution < 1.29 is 4.79 Å². The monoisotopic (exact) mass is 277 g/mol. The van der Waals surface area contributed by atoms with Gasteiger partial charge in [0.1, 0.15) is 6.29 Å². The maximum absolute atomic E-state index is 10.5. The number of hydrogen-bond donors (Lipinski definition) is 2. The first kappa shape index (κ1) is 20.6. The Morgan fingerprint density at radius 1 is 1.45 bits per heavy atom. The highest BCUT2D eigenvalue weighted by molar-refractivity contribution is 5.75. The van der Waals surface area contributed by atoms with E-state index in [1.807, 2.05) is 46.0 Å². The Hall–Kier alpha value is -1.70. The number of carbonyl (C=O) groups excluding carboxylic acids is 1. The first-order valence-electron chi connectivity index (χ1n) is 6.96. The van der Waals surface area contributed by atoms with Gasteiger partial charge in [0.15, 0.2) is 0 Å². The van der Waals surface area contributed by atoms with E-state index < -0.39 is 0 Å². The number of aldehydes is 1. The number of nitriles is 1. The molecule has 0 fully saturated rings. The normalized spacial score (nSPS) is 10.0. The first-order valence-corrected chi connectivity index (χ1v) is 6.96. The minimum absolute atomic E-state index is 0.199. The largest absolute Gasteiger partial charge is 0.329 e. The molecule has 0 aliphatic heterocycles. The van der Waals surface area contributed by atoms with Crippen LogP contribution in [0.1, 0.15) is 49.0 Å². The van der Waals surface area contributed by atoms with Crippen LogP contribution in [-0.4, -0.2) is 26.4 Å². The average Bonchev–Trinajstić information content (AvgIpc) is 2.51. The summed E-state index contributed by atoms with van der Waals surface area (Å²) in [7, 11) is 1.88. The molecule has 0 amide bonds. The summed E-state index contributed by atoms with van der Waals surface area (Å²) in [5.74, 6) is 0.199. The van der Waals surface area contributed by atoms with Crippen LogP contribution < -0.4 is 11.1 Å². The molecule has 0 saturated heterocycles. The number of nitrogens with two attached hydrogens (primary N) is 1. The number of nitrogens with zero attached hydrogens (tertiary/aromatic N) is 1. The van der Waals surface area contributed by atoms with Gasteiger partial charge in [0.05, 0.1) is 6.07 Å². The Morgan fingerprint density at radius 3 is 2.50 bits per heavy atom. The zero-order chi connectivity index (χ0) is 15.8. The van der Waals surface area contributed by atoms with Crippen molar-refractivity contribution in [2.75, 3.05) is 20.1 Å². The molecular formula is C16H27N3O. The van der Waals surface area contributed by atoms with Gasteiger partial charge in [-0.25, -0.2) is 0 Å². The van der Waals surface area contributed by atoms with E-state index >= 15 is 0 Å². The predicted molar refractivity (Wildman–Crippen MR) is 84.8 cm³/mol. The number of carbonyl (C=O) groups is 1. The Morgan fingerprint density at radius 2 is 2.10 bits per heavy atom. The fraction of sp³-hybridized carbons (Fsp3) is 0.500. The van der Waals surface area contributed by atoms with Crippen molar-refractivity contribution in [3.63, 3.8) is 0 Å². The zero-order valence-corrected chi connectivity index (χ0v) is 13.0. The lowest BCUT2D eigenvalue weighted by Crippen LogP contribution is -2.17. The third-order valence-electron chi connectivity index (χ3n) is 2.41. The maximum Gasteiger partial charge on any atom is 0.150 e. The lowest BCUT2D eigenvalue weighted by atomic mass is 9.97. The molecule has 0 aliphatic carbocycles. The molecule has 0 saturated carbocycles. The molecular weight excluding hydrogens is 250 g/mol. The van der Waals surface area contributed by atoms with Gasteiger partial charge >= 0.3 is 0 Å². The summed E-state index contributed by atoms with van der Waals surface area (Å²) in [6.07, 6.45) is 1.31. The minimum atomic E-state index is 0.199. The van der Waals surface area contributed by atoms with E-state index in [-0.39, 0.29) is 5.92 Å². The topological polar surface area (TPSA) is 78.9 Å². The highest BCUT2D eigenvalue weighted by Crippen LogP contribution is 2.18. The zero-order valence-electron chi connectivity index (χ0n) is 13.0. The molecule has 0 heterocycles. The molecule has 0 spiro atoms. The molecule has 0 aromatic heterocycles. The van der Waals surface area contributed by atoms with Crippen LogP contribution in [0.25, 0.3) is 0 Å². The van der Waals surface area contributed by atoms with Crippen molar-refractivity contribution in [1.82, 2.24) is 5.32 Å². The van der Waals surface area contributed by atoms with Crippen LogP contribution in [0.2, 0.25) is 0 Å². The molecule has 20 heavy (non-hydrogen) atoms. The fourth-order valence-electron chi connectivity index (χ4n) is 1.34. The van der Waals surface area contributed by atoms with Gasteiger partial charge in [0.2, 0.25) is 0 Å². The number of rotatable bonds is 5. The van der Waals surface area contributed by atoms with Crippen molar-refractivity contribution in [2.24, 2.45) is 5.73 Å². The van der Waals surface area contributed by atoms with Crippen molar-refractivity contribution in [3.8, 4) is 6.07 Å². The molecule has 1 rings (SSSR count). The summed E-state index contributed by atoms with van der Waals surface area (Å²) in [5.41, 5.74) is 6.79. The second-order valence-electron chi connectivity index (χ2n) is 3.94. The summed E-state index contributed by atoms with van der Waals surface area (Å²) >= 11 is 0. The van der Waals surface area contributed by atoms with Gasteiger partial charge < -0.3 is 11.1 Å². The summed E-state index contributed by atoms with van der Waals surface area (Å²) in [6, 6.07) is 9.48. The van der Waals surface area contributed by atoms with E-state index in [4.69, 9.17) is 11.0 Å². The van der Waals surface area contributed by atoms with Crippen molar-refractivity contribution in [1.29, 1.82) is 5.26 Å². The maximum atomic E-state index is 10.5. The van der Waals surface area contributed by atoms with Crippen LogP contribution in [0.5, 0.6) is 0 Å². The summed E-state index contributed by atoms with van der Waals surface area (Å²) in [5, 5.41) is 11.4. The number of likely N-dealkylation sites (N-methyl/N-ethyl adjacent to an activating group) is 1. The third-order valence-corrected chi connectivity index (χ3v) is 2.41. The first-order chi connectivity index (χ1) is 9.69. The molecule has 0 radical (unpaired) electrons. The molecule has 112 valence electrons. The van der Waals surface area contributed by atoms with Gasteiger partial charge in [-0.1, -0.05) is 39.0 Å². The molecule has 1 unspecified atom stereocenters. The predicted octanol–water partition coefficient (Wildman–Crippen LogP) is 2.71. The summed E-state index contributed by atoms with van der Waals surface area (Å²) in [4.78, 5) is 10.5. The SMILES string of the molecule is CC.CC(CC#N)c1cccc(C=O)c1.CNCCN. The van der Waals surface area contributed by atoms with E-state index in [0.29, 0.717) is 12.0 Å². The van der Waals surface area contributed by atoms with Crippen LogP contribution in [0.3, 0.4) is 0 Å². The van der Waals surface area contributed by atoms with Gasteiger partial charge in [-0.2, -0.15) is 5.26 Å². The molecule has 1 aromatic carbocycles. The van der Waals surface area contributed by atoms with Gasteiger partial charge in [0.25, 0.3) is 0 Å².